The van der Waals surface area contributed by atoms with Crippen LogP contribution in [0.1, 0.15) is 21.5 Å². The molecule has 1 heterocycles. The SMILES string of the molecule is COc1cc(/C=C/C(=O)c2ccc(-n3ccnc3)cc2)ccc1CSc1ccccc1. The van der Waals surface area contributed by atoms with E-state index in [-0.39, 0.29) is 5.78 Å². The predicted molar refractivity (Wildman–Crippen MR) is 126 cm³/mol. The van der Waals surface area contributed by atoms with Crippen molar-refractivity contribution in [2.24, 2.45) is 0 Å². The molecule has 4 aromatic rings. The van der Waals surface area contributed by atoms with Gasteiger partial charge in [-0.2, -0.15) is 0 Å². The summed E-state index contributed by atoms with van der Waals surface area (Å²) in [6.45, 7) is 0. The zero-order valence-electron chi connectivity index (χ0n) is 17.1. The van der Waals surface area contributed by atoms with Crippen LogP contribution in [0.3, 0.4) is 0 Å². The molecule has 0 saturated heterocycles. The number of benzene rings is 3. The third-order valence-electron chi connectivity index (χ3n) is 4.83. The maximum Gasteiger partial charge on any atom is 0.185 e. The van der Waals surface area contributed by atoms with Crippen LogP contribution in [0.15, 0.2) is 102 Å². The van der Waals surface area contributed by atoms with Crippen LogP contribution in [0.5, 0.6) is 5.75 Å². The minimum absolute atomic E-state index is 0.0418. The van der Waals surface area contributed by atoms with Crippen LogP contribution in [0.25, 0.3) is 11.8 Å². The normalized spacial score (nSPS) is 11.0. The van der Waals surface area contributed by atoms with Crippen molar-refractivity contribution in [1.82, 2.24) is 9.55 Å². The first-order chi connectivity index (χ1) is 15.2. The number of ether oxygens (including phenoxy) is 1. The highest BCUT2D eigenvalue weighted by atomic mass is 32.2. The summed E-state index contributed by atoms with van der Waals surface area (Å²) < 4.78 is 7.47. The smallest absolute Gasteiger partial charge is 0.185 e. The first-order valence-electron chi connectivity index (χ1n) is 9.88. The van der Waals surface area contributed by atoms with E-state index in [0.717, 1.165) is 28.3 Å². The van der Waals surface area contributed by atoms with Gasteiger partial charge in [-0.05, 0) is 54.1 Å². The first-order valence-corrected chi connectivity index (χ1v) is 10.9. The van der Waals surface area contributed by atoms with Crippen molar-refractivity contribution in [1.29, 1.82) is 0 Å². The highest BCUT2D eigenvalue weighted by Crippen LogP contribution is 2.29. The number of allylic oxidation sites excluding steroid dienone is 1. The number of nitrogens with zero attached hydrogens (tertiary/aromatic N) is 2. The van der Waals surface area contributed by atoms with Gasteiger partial charge in [-0.25, -0.2) is 4.98 Å². The number of ketones is 1. The molecule has 1 aromatic heterocycles. The molecule has 0 unspecified atom stereocenters. The second-order valence-corrected chi connectivity index (χ2v) is 7.94. The molecule has 4 nitrogen and oxygen atoms in total. The van der Waals surface area contributed by atoms with Crippen LogP contribution in [-0.4, -0.2) is 22.4 Å². The molecule has 0 atom stereocenters. The number of carbonyl (C=O) groups excluding carboxylic acids is 1. The van der Waals surface area contributed by atoms with Gasteiger partial charge in [-0.1, -0.05) is 36.4 Å². The lowest BCUT2D eigenvalue weighted by Gasteiger charge is -2.09. The second kappa shape index (κ2) is 9.96. The molecule has 0 bridgehead atoms. The summed E-state index contributed by atoms with van der Waals surface area (Å²) in [5, 5.41) is 0. The van der Waals surface area contributed by atoms with Gasteiger partial charge in [0.1, 0.15) is 5.75 Å². The highest BCUT2D eigenvalue weighted by molar-refractivity contribution is 7.98. The van der Waals surface area contributed by atoms with Gasteiger partial charge in [-0.3, -0.25) is 4.79 Å². The molecule has 0 spiro atoms. The lowest BCUT2D eigenvalue weighted by atomic mass is 10.1. The summed E-state index contributed by atoms with van der Waals surface area (Å²) in [5.74, 6) is 1.60. The van der Waals surface area contributed by atoms with Crippen molar-refractivity contribution in [2.75, 3.05) is 7.11 Å². The van der Waals surface area contributed by atoms with Crippen LogP contribution in [0.4, 0.5) is 0 Å². The van der Waals surface area contributed by atoms with Gasteiger partial charge in [0, 0.05) is 39.9 Å². The van der Waals surface area contributed by atoms with Crippen LogP contribution in [-0.2, 0) is 5.75 Å². The van der Waals surface area contributed by atoms with Crippen LogP contribution in [0.2, 0.25) is 0 Å². The molecular weight excluding hydrogens is 404 g/mol. The van der Waals surface area contributed by atoms with E-state index >= 15 is 0 Å². The quantitative estimate of drug-likeness (QED) is 0.195. The number of imidazole rings is 1. The van der Waals surface area contributed by atoms with Crippen molar-refractivity contribution >= 4 is 23.6 Å². The van der Waals surface area contributed by atoms with E-state index in [1.807, 2.05) is 71.4 Å². The Bertz CT molecular complexity index is 1170. The van der Waals surface area contributed by atoms with E-state index < -0.39 is 0 Å². The molecular formula is C26H22N2O2S. The Labute approximate surface area is 186 Å². The second-order valence-electron chi connectivity index (χ2n) is 6.89. The monoisotopic (exact) mass is 426 g/mol. The molecule has 0 aliphatic carbocycles. The molecule has 0 radical (unpaired) electrons. The number of methoxy groups -OCH3 is 1. The van der Waals surface area contributed by atoms with Gasteiger partial charge >= 0.3 is 0 Å². The molecule has 0 fully saturated rings. The Morgan fingerprint density at radius 1 is 1.06 bits per heavy atom. The fourth-order valence-electron chi connectivity index (χ4n) is 3.14. The average molecular weight is 427 g/mol. The molecule has 31 heavy (non-hydrogen) atoms. The Hall–Kier alpha value is -3.57. The molecule has 5 heteroatoms. The third-order valence-corrected chi connectivity index (χ3v) is 5.89. The lowest BCUT2D eigenvalue weighted by Crippen LogP contribution is -1.96. The Kier molecular flexibility index (Phi) is 6.65. The van der Waals surface area contributed by atoms with Crippen molar-refractivity contribution < 1.29 is 9.53 Å². The molecule has 4 rings (SSSR count). The molecule has 0 saturated carbocycles. The number of hydrogen-bond acceptors (Lipinski definition) is 4. The van der Waals surface area contributed by atoms with Crippen molar-refractivity contribution in [3.63, 3.8) is 0 Å². The fourth-order valence-corrected chi connectivity index (χ4v) is 4.05. The van der Waals surface area contributed by atoms with Crippen molar-refractivity contribution in [3.05, 3.63) is 114 Å². The minimum atomic E-state index is -0.0418. The summed E-state index contributed by atoms with van der Waals surface area (Å²) in [5.41, 5.74) is 3.65. The van der Waals surface area contributed by atoms with Crippen LogP contribution in [0, 0.1) is 0 Å². The summed E-state index contributed by atoms with van der Waals surface area (Å²) >= 11 is 1.77. The number of carbonyl (C=O) groups is 1. The zero-order chi connectivity index (χ0) is 21.5. The summed E-state index contributed by atoms with van der Waals surface area (Å²) in [6.07, 6.45) is 8.74. The van der Waals surface area contributed by atoms with Crippen LogP contribution >= 0.6 is 11.8 Å². The molecule has 154 valence electrons. The number of rotatable bonds is 8. The molecule has 0 aliphatic heterocycles. The number of thioether (sulfide) groups is 1. The molecule has 3 aromatic carbocycles. The maximum absolute atomic E-state index is 12.6. The zero-order valence-corrected chi connectivity index (χ0v) is 18.0. The molecule has 0 amide bonds. The van der Waals surface area contributed by atoms with E-state index in [4.69, 9.17) is 4.74 Å². The average Bonchev–Trinajstić information content (AvgIpc) is 3.37. The Morgan fingerprint density at radius 2 is 1.87 bits per heavy atom. The largest absolute Gasteiger partial charge is 0.496 e. The van der Waals surface area contributed by atoms with Crippen molar-refractivity contribution in [3.8, 4) is 11.4 Å². The maximum atomic E-state index is 12.6. The van der Waals surface area contributed by atoms with Gasteiger partial charge in [-0.15, -0.1) is 11.8 Å². The van der Waals surface area contributed by atoms with E-state index in [1.165, 1.54) is 4.90 Å². The lowest BCUT2D eigenvalue weighted by molar-refractivity contribution is 0.104. The number of aromatic nitrogens is 2. The van der Waals surface area contributed by atoms with E-state index in [1.54, 1.807) is 37.5 Å². The van der Waals surface area contributed by atoms with Gasteiger partial charge in [0.15, 0.2) is 5.78 Å². The van der Waals surface area contributed by atoms with E-state index in [0.29, 0.717) is 5.56 Å². The first kappa shape index (κ1) is 20.7. The number of hydrogen-bond donors (Lipinski definition) is 0. The van der Waals surface area contributed by atoms with Gasteiger partial charge in [0.05, 0.1) is 13.4 Å². The van der Waals surface area contributed by atoms with Gasteiger partial charge < -0.3 is 9.30 Å². The standard InChI is InChI=1S/C26H22N2O2S/c1-30-26-17-20(7-9-22(26)18-31-24-5-3-2-4-6-24)8-14-25(29)21-10-12-23(13-11-21)28-16-15-27-19-28/h2-17,19H,18H2,1H3/b14-8+. The minimum Gasteiger partial charge on any atom is -0.496 e. The van der Waals surface area contributed by atoms with Gasteiger partial charge in [0.25, 0.3) is 0 Å². The van der Waals surface area contributed by atoms with Crippen molar-refractivity contribution in [2.45, 2.75) is 10.6 Å². The molecule has 0 aliphatic rings. The van der Waals surface area contributed by atoms with E-state index in [9.17, 15) is 4.79 Å². The summed E-state index contributed by atoms with van der Waals surface area (Å²) in [6, 6.07) is 23.8. The van der Waals surface area contributed by atoms with Crippen LogP contribution < -0.4 is 4.74 Å². The van der Waals surface area contributed by atoms with Gasteiger partial charge in [0.2, 0.25) is 0 Å². The fraction of sp³-hybridized carbons (Fsp3) is 0.0769. The Morgan fingerprint density at radius 3 is 2.58 bits per heavy atom. The Balaban J connectivity index is 1.42. The highest BCUT2D eigenvalue weighted by Gasteiger charge is 2.06. The predicted octanol–water partition coefficient (Wildman–Crippen LogP) is 6.07. The summed E-state index contributed by atoms with van der Waals surface area (Å²) in [7, 11) is 1.67. The third kappa shape index (κ3) is 5.32. The topological polar surface area (TPSA) is 44.1 Å². The summed E-state index contributed by atoms with van der Waals surface area (Å²) in [4.78, 5) is 17.8. The van der Waals surface area contributed by atoms with E-state index in [2.05, 4.69) is 23.2 Å². The molecule has 0 N–H and O–H groups in total.